The number of hydrogen-bond donors (Lipinski definition) is 1. The summed E-state index contributed by atoms with van der Waals surface area (Å²) in [5.41, 5.74) is 3.53. The molecule has 0 saturated heterocycles. The van der Waals surface area contributed by atoms with Gasteiger partial charge in [-0.1, -0.05) is 0 Å². The molecule has 0 unspecified atom stereocenters. The molecule has 122 valence electrons. The number of aryl methyl sites for hydroxylation is 2. The van der Waals surface area contributed by atoms with Crippen molar-refractivity contribution < 1.29 is 9.53 Å². The predicted octanol–water partition coefficient (Wildman–Crippen LogP) is 2.46. The number of nitrogens with zero attached hydrogens (tertiary/aromatic N) is 3. The van der Waals surface area contributed by atoms with Crippen LogP contribution in [0.25, 0.3) is 0 Å². The highest BCUT2D eigenvalue weighted by molar-refractivity contribution is 5.77. The average molecular weight is 314 g/mol. The zero-order chi connectivity index (χ0) is 16.6. The number of aromatic amines is 1. The van der Waals surface area contributed by atoms with Gasteiger partial charge >= 0.3 is 5.97 Å². The zero-order valence-corrected chi connectivity index (χ0v) is 14.0. The van der Waals surface area contributed by atoms with Gasteiger partial charge in [-0.2, -0.15) is 5.10 Å². The molecule has 23 heavy (non-hydrogen) atoms. The van der Waals surface area contributed by atoms with E-state index in [1.807, 2.05) is 32.9 Å². The average Bonchev–Trinajstić information content (AvgIpc) is 2.87. The molecule has 1 N–H and O–H groups in total. The molecule has 2 aromatic rings. The summed E-state index contributed by atoms with van der Waals surface area (Å²) >= 11 is 0. The number of aromatic nitrogens is 4. The van der Waals surface area contributed by atoms with E-state index in [-0.39, 0.29) is 11.9 Å². The third-order valence-corrected chi connectivity index (χ3v) is 4.48. The second-order valence-electron chi connectivity index (χ2n) is 6.74. The Morgan fingerprint density at radius 2 is 2.04 bits per heavy atom. The van der Waals surface area contributed by atoms with E-state index in [1.54, 1.807) is 0 Å². The number of esters is 1. The molecule has 1 fully saturated rings. The Kier molecular flexibility index (Phi) is 3.92. The van der Waals surface area contributed by atoms with Gasteiger partial charge in [0.1, 0.15) is 5.82 Å². The molecule has 3 rings (SSSR count). The van der Waals surface area contributed by atoms with Gasteiger partial charge in [-0.25, -0.2) is 9.97 Å². The molecule has 6 heteroatoms. The first-order valence-corrected chi connectivity index (χ1v) is 7.83. The van der Waals surface area contributed by atoms with Crippen molar-refractivity contribution >= 4 is 5.97 Å². The maximum Gasteiger partial charge on any atom is 0.311 e. The molecule has 2 heterocycles. The minimum atomic E-state index is -0.397. The minimum absolute atomic E-state index is 0.145. The lowest BCUT2D eigenvalue weighted by Crippen LogP contribution is -2.41. The lowest BCUT2D eigenvalue weighted by atomic mass is 9.63. The van der Waals surface area contributed by atoms with Crippen LogP contribution in [0, 0.1) is 19.3 Å². The molecule has 0 atom stereocenters. The van der Waals surface area contributed by atoms with Crippen LogP contribution in [0.1, 0.15) is 54.3 Å². The van der Waals surface area contributed by atoms with E-state index in [4.69, 9.17) is 9.72 Å². The molecule has 0 aliphatic heterocycles. The Bertz CT molecular complexity index is 732. The highest BCUT2D eigenvalue weighted by Gasteiger charge is 2.48. The van der Waals surface area contributed by atoms with E-state index < -0.39 is 5.41 Å². The molecule has 0 radical (unpaired) electrons. The minimum Gasteiger partial charge on any atom is -0.469 e. The lowest BCUT2D eigenvalue weighted by molar-refractivity contribution is -0.158. The summed E-state index contributed by atoms with van der Waals surface area (Å²) in [5, 5.41) is 7.21. The predicted molar refractivity (Wildman–Crippen MR) is 85.0 cm³/mol. The Balaban J connectivity index is 1.75. The maximum absolute atomic E-state index is 11.8. The molecule has 0 aromatic carbocycles. The lowest BCUT2D eigenvalue weighted by Gasteiger charge is -2.41. The van der Waals surface area contributed by atoms with Crippen LogP contribution in [-0.4, -0.2) is 33.2 Å². The number of H-pyrrole nitrogens is 1. The molecule has 6 nitrogen and oxygen atoms in total. The standard InChI is InChI=1S/C17H22N4O2/c1-10-5-13(7-14-6-11(2)20-21-14)19-15(18-10)12-8-17(3,9-12)16(22)23-4/h5-6,12H,7-9H2,1-4H3,(H,20,21). The van der Waals surface area contributed by atoms with Crippen LogP contribution in [0.15, 0.2) is 12.1 Å². The molecule has 0 amide bonds. The van der Waals surface area contributed by atoms with Crippen molar-refractivity contribution in [1.29, 1.82) is 0 Å². The van der Waals surface area contributed by atoms with Gasteiger partial charge < -0.3 is 4.74 Å². The third kappa shape index (κ3) is 3.11. The van der Waals surface area contributed by atoms with E-state index in [9.17, 15) is 4.79 Å². The van der Waals surface area contributed by atoms with Crippen LogP contribution >= 0.6 is 0 Å². The molecule has 0 bridgehead atoms. The number of rotatable bonds is 4. The van der Waals surface area contributed by atoms with Gasteiger partial charge in [-0.3, -0.25) is 9.89 Å². The SMILES string of the molecule is COC(=O)C1(C)CC(c2nc(C)cc(Cc3cc(C)[nH]n3)n2)C1. The first-order chi connectivity index (χ1) is 10.9. The summed E-state index contributed by atoms with van der Waals surface area (Å²) in [6.07, 6.45) is 2.16. The van der Waals surface area contributed by atoms with Crippen molar-refractivity contribution in [1.82, 2.24) is 20.2 Å². The summed E-state index contributed by atoms with van der Waals surface area (Å²) in [4.78, 5) is 21.1. The fraction of sp³-hybridized carbons (Fsp3) is 0.529. The number of hydrogen-bond acceptors (Lipinski definition) is 5. The number of ether oxygens (including phenoxy) is 1. The third-order valence-electron chi connectivity index (χ3n) is 4.48. The summed E-state index contributed by atoms with van der Waals surface area (Å²) in [6, 6.07) is 4.01. The monoisotopic (exact) mass is 314 g/mol. The summed E-state index contributed by atoms with van der Waals surface area (Å²) in [5.74, 6) is 0.904. The van der Waals surface area contributed by atoms with E-state index in [0.717, 1.165) is 41.4 Å². The highest BCUT2D eigenvalue weighted by atomic mass is 16.5. The first-order valence-electron chi connectivity index (χ1n) is 7.83. The smallest absolute Gasteiger partial charge is 0.311 e. The van der Waals surface area contributed by atoms with Crippen LogP contribution in [0.4, 0.5) is 0 Å². The van der Waals surface area contributed by atoms with Crippen LogP contribution in [-0.2, 0) is 16.0 Å². The summed E-state index contributed by atoms with van der Waals surface area (Å²) in [6.45, 7) is 5.90. The van der Waals surface area contributed by atoms with Crippen LogP contribution in [0.5, 0.6) is 0 Å². The number of carbonyl (C=O) groups excluding carboxylic acids is 1. The zero-order valence-electron chi connectivity index (χ0n) is 14.0. The number of methoxy groups -OCH3 is 1. The summed E-state index contributed by atoms with van der Waals surface area (Å²) < 4.78 is 4.88. The molecule has 0 spiro atoms. The Labute approximate surface area is 135 Å². The number of carbonyl (C=O) groups is 1. The molecule has 1 aliphatic carbocycles. The Morgan fingerprint density at radius 3 is 2.65 bits per heavy atom. The van der Waals surface area contributed by atoms with Crippen molar-refractivity contribution in [2.45, 2.75) is 46.0 Å². The molecule has 2 aromatic heterocycles. The second kappa shape index (κ2) is 5.76. The topological polar surface area (TPSA) is 80.8 Å². The van der Waals surface area contributed by atoms with Crippen molar-refractivity contribution in [3.63, 3.8) is 0 Å². The fourth-order valence-electron chi connectivity index (χ4n) is 3.31. The maximum atomic E-state index is 11.8. The Morgan fingerprint density at radius 1 is 1.30 bits per heavy atom. The van der Waals surface area contributed by atoms with Gasteiger partial charge in [0.05, 0.1) is 23.9 Å². The van der Waals surface area contributed by atoms with Crippen molar-refractivity contribution in [2.24, 2.45) is 5.41 Å². The quantitative estimate of drug-likeness (QED) is 0.877. The van der Waals surface area contributed by atoms with Crippen molar-refractivity contribution in [3.8, 4) is 0 Å². The Hall–Kier alpha value is -2.24. The highest BCUT2D eigenvalue weighted by Crippen LogP contribution is 2.50. The van der Waals surface area contributed by atoms with Gasteiger partial charge in [0.2, 0.25) is 0 Å². The van der Waals surface area contributed by atoms with Gasteiger partial charge in [0, 0.05) is 23.7 Å². The van der Waals surface area contributed by atoms with Crippen LogP contribution in [0.3, 0.4) is 0 Å². The molecule has 1 saturated carbocycles. The number of nitrogens with one attached hydrogen (secondary N) is 1. The largest absolute Gasteiger partial charge is 0.469 e. The first kappa shape index (κ1) is 15.6. The van der Waals surface area contributed by atoms with E-state index in [2.05, 4.69) is 15.2 Å². The van der Waals surface area contributed by atoms with Gasteiger partial charge in [-0.15, -0.1) is 0 Å². The molecular weight excluding hydrogens is 292 g/mol. The summed E-state index contributed by atoms with van der Waals surface area (Å²) in [7, 11) is 1.44. The second-order valence-corrected chi connectivity index (χ2v) is 6.74. The fourth-order valence-corrected chi connectivity index (χ4v) is 3.31. The van der Waals surface area contributed by atoms with E-state index >= 15 is 0 Å². The van der Waals surface area contributed by atoms with Crippen molar-refractivity contribution in [2.75, 3.05) is 7.11 Å². The normalized spacial score (nSPS) is 23.4. The van der Waals surface area contributed by atoms with E-state index in [0.29, 0.717) is 6.42 Å². The van der Waals surface area contributed by atoms with Crippen LogP contribution < -0.4 is 0 Å². The molecular formula is C17H22N4O2. The van der Waals surface area contributed by atoms with Gasteiger partial charge in [0.15, 0.2) is 0 Å². The van der Waals surface area contributed by atoms with Crippen LogP contribution in [0.2, 0.25) is 0 Å². The van der Waals surface area contributed by atoms with E-state index in [1.165, 1.54) is 7.11 Å². The van der Waals surface area contributed by atoms with Gasteiger partial charge in [0.25, 0.3) is 0 Å². The van der Waals surface area contributed by atoms with Crippen molar-refractivity contribution in [3.05, 3.63) is 40.7 Å². The van der Waals surface area contributed by atoms with Gasteiger partial charge in [-0.05, 0) is 45.7 Å². The molecule has 1 aliphatic rings.